The zero-order valence-corrected chi connectivity index (χ0v) is 22.0. The number of carbonyl (C=O) groups is 2. The van der Waals surface area contributed by atoms with Gasteiger partial charge < -0.3 is 15.0 Å². The minimum atomic E-state index is -0.356. The van der Waals surface area contributed by atoms with Crippen LogP contribution >= 0.6 is 0 Å². The molecule has 198 valence electrons. The number of para-hydroxylation sites is 1. The van der Waals surface area contributed by atoms with Gasteiger partial charge in [-0.05, 0) is 76.6 Å². The van der Waals surface area contributed by atoms with Gasteiger partial charge in [0.05, 0.1) is 42.1 Å². The van der Waals surface area contributed by atoms with Crippen molar-refractivity contribution in [1.82, 2.24) is 25.1 Å². The van der Waals surface area contributed by atoms with Crippen molar-refractivity contribution in [3.05, 3.63) is 53.6 Å². The highest BCUT2D eigenvalue weighted by Gasteiger charge is 2.41. The summed E-state index contributed by atoms with van der Waals surface area (Å²) in [5.41, 5.74) is 2.66. The lowest BCUT2D eigenvalue weighted by atomic mass is 9.73. The summed E-state index contributed by atoms with van der Waals surface area (Å²) in [5, 5.41) is 3.15. The number of amides is 2. The minimum absolute atomic E-state index is 0.0143. The molecule has 3 aliphatic heterocycles. The molecule has 5 rings (SSSR count). The second-order valence-electron chi connectivity index (χ2n) is 10.8. The predicted octanol–water partition coefficient (Wildman–Crippen LogP) is 3.45. The molecule has 0 saturated carbocycles. The average Bonchev–Trinajstić information content (AvgIpc) is 3.40. The first kappa shape index (κ1) is 25.6. The number of hydrogen-bond acceptors (Lipinski definition) is 6. The van der Waals surface area contributed by atoms with E-state index in [-0.39, 0.29) is 23.3 Å². The van der Waals surface area contributed by atoms with Gasteiger partial charge in [-0.15, -0.1) is 0 Å². The summed E-state index contributed by atoms with van der Waals surface area (Å²) in [4.78, 5) is 39.8. The third-order valence-electron chi connectivity index (χ3n) is 8.31. The Kier molecular flexibility index (Phi) is 8.03. The van der Waals surface area contributed by atoms with E-state index in [1.165, 1.54) is 5.56 Å². The Balaban J connectivity index is 1.18. The number of hydrogen-bond donors (Lipinski definition) is 1. The molecule has 8 nitrogen and oxygen atoms in total. The molecule has 2 amide bonds. The highest BCUT2D eigenvalue weighted by Crippen LogP contribution is 2.38. The van der Waals surface area contributed by atoms with Crippen LogP contribution < -0.4 is 10.1 Å². The molecule has 3 aliphatic rings. The molecule has 1 spiro atoms. The predicted molar refractivity (Wildman–Crippen MR) is 141 cm³/mol. The minimum Gasteiger partial charge on any atom is -0.491 e. The van der Waals surface area contributed by atoms with Crippen LogP contribution in [-0.2, 0) is 16.0 Å². The van der Waals surface area contributed by atoms with Crippen molar-refractivity contribution in [2.24, 2.45) is 5.41 Å². The number of carbonyl (C=O) groups excluding carboxylic acids is 2. The molecule has 0 bridgehead atoms. The Morgan fingerprint density at radius 1 is 1.11 bits per heavy atom. The molecule has 1 atom stereocenters. The number of fused-ring (bicyclic) bond motifs is 1. The Labute approximate surface area is 219 Å². The van der Waals surface area contributed by atoms with E-state index in [9.17, 15) is 9.59 Å². The molecule has 8 heteroatoms. The topological polar surface area (TPSA) is 87.7 Å². The van der Waals surface area contributed by atoms with Crippen molar-refractivity contribution in [3.8, 4) is 5.75 Å². The summed E-state index contributed by atoms with van der Waals surface area (Å²) in [7, 11) is 0. The van der Waals surface area contributed by atoms with Crippen LogP contribution in [0.3, 0.4) is 0 Å². The first-order valence-electron chi connectivity index (χ1n) is 13.8. The fraction of sp³-hybridized carbons (Fsp3) is 0.586. The largest absolute Gasteiger partial charge is 0.491 e. The van der Waals surface area contributed by atoms with Crippen molar-refractivity contribution in [3.63, 3.8) is 0 Å². The van der Waals surface area contributed by atoms with Crippen molar-refractivity contribution in [1.29, 1.82) is 0 Å². The number of benzene rings is 1. The fourth-order valence-corrected chi connectivity index (χ4v) is 6.17. The van der Waals surface area contributed by atoms with E-state index >= 15 is 0 Å². The van der Waals surface area contributed by atoms with Crippen molar-refractivity contribution in [2.45, 2.75) is 64.3 Å². The summed E-state index contributed by atoms with van der Waals surface area (Å²) in [6.45, 7) is 5.62. The van der Waals surface area contributed by atoms with Gasteiger partial charge in [-0.25, -0.2) is 0 Å². The first-order chi connectivity index (χ1) is 18.0. The van der Waals surface area contributed by atoms with E-state index in [0.29, 0.717) is 19.7 Å². The highest BCUT2D eigenvalue weighted by atomic mass is 16.5. The zero-order valence-electron chi connectivity index (χ0n) is 22.0. The Bertz CT molecular complexity index is 1100. The van der Waals surface area contributed by atoms with Crippen molar-refractivity contribution in [2.75, 3.05) is 39.3 Å². The number of nitrogens with one attached hydrogen (secondary N) is 1. The van der Waals surface area contributed by atoms with Gasteiger partial charge in [0.2, 0.25) is 11.8 Å². The summed E-state index contributed by atoms with van der Waals surface area (Å²) in [6, 6.07) is 8.23. The van der Waals surface area contributed by atoms with Gasteiger partial charge in [-0.1, -0.05) is 24.6 Å². The van der Waals surface area contributed by atoms with Crippen LogP contribution in [-0.4, -0.2) is 70.9 Å². The number of ether oxygens (including phenoxy) is 1. The van der Waals surface area contributed by atoms with Crippen LogP contribution in [0, 0.1) is 12.3 Å². The summed E-state index contributed by atoms with van der Waals surface area (Å²) >= 11 is 0. The van der Waals surface area contributed by atoms with Gasteiger partial charge in [-0.3, -0.25) is 24.5 Å². The van der Waals surface area contributed by atoms with Gasteiger partial charge >= 0.3 is 0 Å². The summed E-state index contributed by atoms with van der Waals surface area (Å²) in [6.07, 6.45) is 10.9. The van der Waals surface area contributed by atoms with Crippen molar-refractivity contribution < 1.29 is 14.3 Å². The molecule has 0 aliphatic carbocycles. The van der Waals surface area contributed by atoms with Crippen LogP contribution in [0.4, 0.5) is 0 Å². The molecular weight excluding hydrogens is 466 g/mol. The zero-order chi connectivity index (χ0) is 25.7. The summed E-state index contributed by atoms with van der Waals surface area (Å²) < 4.78 is 5.97. The maximum absolute atomic E-state index is 13.3. The van der Waals surface area contributed by atoms with Crippen LogP contribution in [0.1, 0.15) is 67.9 Å². The lowest BCUT2D eigenvalue weighted by Crippen LogP contribution is -2.51. The third-order valence-corrected chi connectivity index (χ3v) is 8.31. The maximum atomic E-state index is 13.3. The van der Waals surface area contributed by atoms with Gasteiger partial charge in [0.25, 0.3) is 0 Å². The van der Waals surface area contributed by atoms with Crippen LogP contribution in [0.15, 0.2) is 36.7 Å². The van der Waals surface area contributed by atoms with Gasteiger partial charge in [0, 0.05) is 12.7 Å². The molecule has 2 saturated heterocycles. The molecule has 1 unspecified atom stereocenters. The molecule has 1 N–H and O–H groups in total. The number of nitrogens with zero attached hydrogens (tertiary/aromatic N) is 4. The summed E-state index contributed by atoms with van der Waals surface area (Å²) in [5.74, 6) is 1.23. The number of rotatable bonds is 3. The van der Waals surface area contributed by atoms with Crippen molar-refractivity contribution >= 4 is 11.8 Å². The van der Waals surface area contributed by atoms with E-state index in [1.54, 1.807) is 12.4 Å². The van der Waals surface area contributed by atoms with Crippen LogP contribution in [0.25, 0.3) is 0 Å². The number of aryl methyl sites for hydroxylation is 2. The van der Waals surface area contributed by atoms with E-state index < -0.39 is 0 Å². The Hall–Kier alpha value is -3.00. The monoisotopic (exact) mass is 505 g/mol. The van der Waals surface area contributed by atoms with Crippen LogP contribution in [0.2, 0.25) is 0 Å². The maximum Gasteiger partial charge on any atom is 0.237 e. The third kappa shape index (κ3) is 5.95. The standard InChI is InChI=1S/C29H39N5O3/c1-22-19-30-20-24(32-22)25-9-6-15-34(25)27(35)21-33-16-12-29(13-17-33)11-5-4-8-23-7-2-3-10-26(23)37-18-14-31-28(29)36/h2-3,7,10,19-20,25H,4-6,8-9,11-18,21H2,1H3,(H,31,36). The van der Waals surface area contributed by atoms with Gasteiger partial charge in [-0.2, -0.15) is 0 Å². The smallest absolute Gasteiger partial charge is 0.237 e. The van der Waals surface area contributed by atoms with Crippen LogP contribution in [0.5, 0.6) is 5.75 Å². The van der Waals surface area contributed by atoms with E-state index in [2.05, 4.69) is 32.3 Å². The molecular formula is C29H39N5O3. The lowest BCUT2D eigenvalue weighted by Gasteiger charge is -2.41. The lowest BCUT2D eigenvalue weighted by molar-refractivity contribution is -0.137. The Morgan fingerprint density at radius 2 is 1.95 bits per heavy atom. The molecule has 0 radical (unpaired) electrons. The molecule has 1 aromatic carbocycles. The SMILES string of the molecule is Cc1cncc(C2CCCN2C(=O)CN2CCC3(CCCCc4ccccc4OCCNC3=O)CC2)n1. The van der Waals surface area contributed by atoms with Gasteiger partial charge in [0.1, 0.15) is 12.4 Å². The Morgan fingerprint density at radius 3 is 2.78 bits per heavy atom. The first-order valence-corrected chi connectivity index (χ1v) is 13.8. The van der Waals surface area contributed by atoms with E-state index in [1.807, 2.05) is 24.0 Å². The number of piperidine rings is 1. The van der Waals surface area contributed by atoms with E-state index in [4.69, 9.17) is 4.74 Å². The second-order valence-corrected chi connectivity index (χ2v) is 10.8. The highest BCUT2D eigenvalue weighted by molar-refractivity contribution is 5.83. The normalized spacial score (nSPS) is 22.9. The molecule has 2 fully saturated rings. The number of likely N-dealkylation sites (tertiary alicyclic amines) is 2. The quantitative estimate of drug-likeness (QED) is 0.688. The van der Waals surface area contributed by atoms with E-state index in [0.717, 1.165) is 88.1 Å². The number of aromatic nitrogens is 2. The molecule has 4 heterocycles. The fourth-order valence-electron chi connectivity index (χ4n) is 6.17. The average molecular weight is 506 g/mol. The molecule has 1 aromatic heterocycles. The second kappa shape index (κ2) is 11.6. The molecule has 37 heavy (non-hydrogen) atoms. The molecule has 2 aromatic rings. The van der Waals surface area contributed by atoms with Gasteiger partial charge in [0.15, 0.2) is 0 Å².